The number of rotatable bonds is 20. The fraction of sp³-hybridized carbons (Fsp3) is 0.152. The molecule has 0 saturated heterocycles. The smallest absolute Gasteiger partial charge is 0.406 e. The second-order valence-electron chi connectivity index (χ2n) is 20.6. The van der Waals surface area contributed by atoms with E-state index < -0.39 is 72.1 Å². The van der Waals surface area contributed by atoms with Gasteiger partial charge in [-0.1, -0.05) is 35.3 Å². The first kappa shape index (κ1) is 95.0. The number of hydrogen-bond donors (Lipinski definition) is 10. The average Bonchev–Trinajstić information content (AvgIpc) is 0.823. The number of carbonyl (C=O) groups excluding carboxylic acids is 1. The number of pyridine rings is 2. The molecule has 4 heterocycles. The lowest BCUT2D eigenvalue weighted by Gasteiger charge is -2.12. The Labute approximate surface area is 649 Å². The molecule has 616 valence electrons. The SMILES string of the molecule is CCO.Fc1ccc(Nc2nc(Cl)nc(N/N=C/c3ccc(OC(F)(F)F)cc3)n2)cc1C(F)(F)F.Fc1ccc(Nc2nc(NCc3ccc(Cl)nc3)nc(NN=Cc3ccc(OC(F)(F)F)cc3)n2)cc1C(F)(F)F.N/N=C/c1ccc(OC(F)(F)F)cc1.NCc1ccc(Cl)nc1.NN.O=Cc1ccc(OC(F)(F)F)cc1. The number of nitrogens with one attached hydrogen (secondary N) is 5. The molecule has 14 N–H and O–H groups in total. The zero-order valence-corrected chi connectivity index (χ0v) is 59.8. The van der Waals surface area contributed by atoms with Crippen molar-refractivity contribution >= 4 is 101 Å². The van der Waals surface area contributed by atoms with E-state index in [1.165, 1.54) is 85.5 Å². The van der Waals surface area contributed by atoms with Gasteiger partial charge in [-0.25, -0.2) is 29.6 Å². The lowest BCUT2D eigenvalue weighted by molar-refractivity contribution is -0.275. The van der Waals surface area contributed by atoms with E-state index >= 15 is 0 Å². The molecule has 0 spiro atoms. The first-order valence-electron chi connectivity index (χ1n) is 30.7. The fourth-order valence-corrected chi connectivity index (χ4v) is 7.95. The van der Waals surface area contributed by atoms with Gasteiger partial charge in [-0.05, 0) is 192 Å². The van der Waals surface area contributed by atoms with E-state index in [0.29, 0.717) is 70.1 Å². The first-order chi connectivity index (χ1) is 54.0. The number of carbonyl (C=O) groups is 1. The highest BCUT2D eigenvalue weighted by molar-refractivity contribution is 6.29. The van der Waals surface area contributed by atoms with Gasteiger partial charge in [-0.2, -0.15) is 71.6 Å². The number of anilines is 7. The molecule has 0 radical (unpaired) electrons. The van der Waals surface area contributed by atoms with Crippen molar-refractivity contribution in [3.63, 3.8) is 0 Å². The number of hydrogen-bond acceptors (Lipinski definition) is 26. The van der Waals surface area contributed by atoms with E-state index in [-0.39, 0.29) is 76.2 Å². The van der Waals surface area contributed by atoms with Gasteiger partial charge in [0, 0.05) is 49.0 Å². The first-order valence-corrected chi connectivity index (χ1v) is 31.9. The average molecular weight is 1710 g/mol. The van der Waals surface area contributed by atoms with Gasteiger partial charge in [0.1, 0.15) is 51.2 Å². The third-order valence-electron chi connectivity index (χ3n) is 12.1. The number of aliphatic hydroxyl groups excluding tert-OH is 1. The van der Waals surface area contributed by atoms with Crippen molar-refractivity contribution < 1.29 is 117 Å². The summed E-state index contributed by atoms with van der Waals surface area (Å²) in [5.74, 6) is 7.64. The molecule has 6 aromatic carbocycles. The number of alkyl halides is 18. The Morgan fingerprint density at radius 2 is 0.765 bits per heavy atom. The molecule has 0 aliphatic heterocycles. The third kappa shape index (κ3) is 38.6. The van der Waals surface area contributed by atoms with E-state index in [0.717, 1.165) is 54.1 Å². The summed E-state index contributed by atoms with van der Waals surface area (Å²) in [5.41, 5.74) is 10.3. The number of hydrazone groups is 3. The molecule has 49 heteroatoms. The Hall–Kier alpha value is -12.4. The molecule has 0 fully saturated rings. The molecule has 0 aliphatic carbocycles. The van der Waals surface area contributed by atoms with E-state index in [4.69, 9.17) is 51.5 Å². The third-order valence-corrected chi connectivity index (χ3v) is 12.7. The van der Waals surface area contributed by atoms with Crippen molar-refractivity contribution in [2.45, 2.75) is 57.8 Å². The lowest BCUT2D eigenvalue weighted by Crippen LogP contribution is -2.17. The number of ether oxygens (including phenoxy) is 4. The fourth-order valence-electron chi connectivity index (χ4n) is 7.56. The number of aliphatic hydroxyl groups is 1. The highest BCUT2D eigenvalue weighted by Gasteiger charge is 2.37. The molecule has 4 aromatic heterocycles. The Morgan fingerprint density at radius 1 is 0.443 bits per heavy atom. The maximum atomic E-state index is 13.7. The zero-order chi connectivity index (χ0) is 85.7. The van der Waals surface area contributed by atoms with Crippen molar-refractivity contribution in [1.29, 1.82) is 0 Å². The minimum atomic E-state index is -4.93. The molecule has 115 heavy (non-hydrogen) atoms. The van der Waals surface area contributed by atoms with Gasteiger partial charge in [0.2, 0.25) is 35.0 Å². The molecule has 0 bridgehead atoms. The van der Waals surface area contributed by atoms with Crippen LogP contribution in [0.25, 0.3) is 0 Å². The van der Waals surface area contributed by atoms with Crippen LogP contribution in [0.1, 0.15) is 56.2 Å². The number of nitrogens with zero attached hydrogens (tertiary/aromatic N) is 11. The predicted molar refractivity (Wildman–Crippen MR) is 381 cm³/mol. The van der Waals surface area contributed by atoms with Crippen LogP contribution in [0.5, 0.6) is 23.0 Å². The lowest BCUT2D eigenvalue weighted by atomic mass is 10.2. The molecular formula is C66H55Cl3F20N20O6. The molecule has 10 aromatic rings. The van der Waals surface area contributed by atoms with Crippen molar-refractivity contribution in [3.05, 3.63) is 242 Å². The number of benzene rings is 6. The van der Waals surface area contributed by atoms with Gasteiger partial charge in [-0.15, -0.1) is 52.7 Å². The molecule has 0 aliphatic rings. The second kappa shape index (κ2) is 45.4. The topological polar surface area (TPSA) is 379 Å². The molecule has 0 unspecified atom stereocenters. The van der Waals surface area contributed by atoms with Gasteiger partial charge >= 0.3 is 37.8 Å². The Morgan fingerprint density at radius 3 is 1.10 bits per heavy atom. The number of nitrogens with two attached hydrogens (primary N) is 4. The van der Waals surface area contributed by atoms with Crippen molar-refractivity contribution in [1.82, 2.24) is 39.9 Å². The quantitative estimate of drug-likeness (QED) is 0.00846. The van der Waals surface area contributed by atoms with Gasteiger partial charge < -0.3 is 51.6 Å². The number of halogens is 23. The Balaban J connectivity index is 0.000000330. The predicted octanol–water partition coefficient (Wildman–Crippen LogP) is 16.8. The van der Waals surface area contributed by atoms with E-state index in [2.05, 4.69) is 113 Å². The number of aromatic nitrogens is 8. The number of aldehydes is 1. The summed E-state index contributed by atoms with van der Waals surface area (Å²) in [4.78, 5) is 41.5. The minimum absolute atomic E-state index is 0.0260. The monoisotopic (exact) mass is 1710 g/mol. The van der Waals surface area contributed by atoms with Crippen LogP contribution in [0, 0.1) is 11.6 Å². The summed E-state index contributed by atoms with van der Waals surface area (Å²) in [5, 5.41) is 26.9. The van der Waals surface area contributed by atoms with E-state index in [9.17, 15) is 92.6 Å². The van der Waals surface area contributed by atoms with E-state index in [1.807, 2.05) is 6.07 Å². The highest BCUT2D eigenvalue weighted by atomic mass is 35.5. The highest BCUT2D eigenvalue weighted by Crippen LogP contribution is 2.36. The van der Waals surface area contributed by atoms with Crippen LogP contribution < -0.4 is 69.0 Å². The van der Waals surface area contributed by atoms with E-state index in [1.54, 1.807) is 31.3 Å². The van der Waals surface area contributed by atoms with Crippen LogP contribution in [0.4, 0.5) is 129 Å². The largest absolute Gasteiger partial charge is 0.573 e. The molecule has 26 nitrogen and oxygen atoms in total. The molecule has 10 rings (SSSR count). The van der Waals surface area contributed by atoms with Crippen molar-refractivity contribution in [2.24, 2.45) is 38.6 Å². The summed E-state index contributed by atoms with van der Waals surface area (Å²) in [6.07, 6.45) is -21.4. The molecule has 0 atom stereocenters. The zero-order valence-electron chi connectivity index (χ0n) is 57.5. The maximum Gasteiger partial charge on any atom is 0.573 e. The standard InChI is InChI=1S/C24H16ClF7N8O.C18H10ClF7N6O.C8H7F3N2O.C8H5F3O2.C6H7ClN2.C2H6O.H4N2/c25-19-8-3-14(10-33-19)11-34-20-37-21(36-15-4-7-18(26)17(9-15)23(27,28)29)39-22(38-20)40-35-12-13-1-5-16(6-2-13)41-24(30,31)32;19-14-29-15(28-10-3-6-13(20)12(7-10)17(21,22)23)31-16(30-14)32-27-8-9-1-4-11(5-2-9)33-18(24,25)26;9-8(10,11)14-7-3-1-6(2-4-7)5-13-12;9-8(10,11)13-7-3-1-6(5-12)2-4-7;7-6-2-1-5(3-8)4-9-6;1-2-3;1-2/h1-10,12H,11H2,(H3,34,36,37,38,39,40);1-8H,(H2,28,29,30,31,32);1-5H,12H2;1-5H;1-2,4H,3,8H2;3H,2H2,1H3;1-2H2/b;27-8+;13-5+;;;;. The van der Waals surface area contributed by atoms with Crippen LogP contribution in [0.2, 0.25) is 15.6 Å². The van der Waals surface area contributed by atoms with Crippen molar-refractivity contribution in [3.8, 4) is 23.0 Å². The summed E-state index contributed by atoms with van der Waals surface area (Å²) in [6, 6.07) is 30.7. The number of hydrazine groups is 1. The van der Waals surface area contributed by atoms with Gasteiger partial charge in [0.25, 0.3) is 0 Å². The summed E-state index contributed by atoms with van der Waals surface area (Å²) >= 11 is 17.1. The van der Waals surface area contributed by atoms with Crippen LogP contribution in [0.15, 0.2) is 185 Å². The van der Waals surface area contributed by atoms with Crippen molar-refractivity contribution in [2.75, 3.05) is 33.4 Å². The van der Waals surface area contributed by atoms with Crippen LogP contribution in [-0.2, 0) is 25.4 Å². The summed E-state index contributed by atoms with van der Waals surface area (Å²) in [6.45, 7) is 2.63. The van der Waals surface area contributed by atoms with Crippen LogP contribution >= 0.6 is 34.8 Å². The van der Waals surface area contributed by atoms with Crippen LogP contribution in [0.3, 0.4) is 0 Å². The molecular weight excluding hydrogens is 1660 g/mol. The normalized spacial score (nSPS) is 11.4. The summed E-state index contributed by atoms with van der Waals surface area (Å²) in [7, 11) is 0. The maximum absolute atomic E-state index is 13.7. The van der Waals surface area contributed by atoms with Gasteiger partial charge in [0.05, 0.1) is 29.8 Å². The minimum Gasteiger partial charge on any atom is -0.406 e. The second-order valence-corrected chi connectivity index (χ2v) is 21.8. The summed E-state index contributed by atoms with van der Waals surface area (Å²) < 4.78 is 263. The molecule has 0 saturated carbocycles. The van der Waals surface area contributed by atoms with Gasteiger partial charge in [0.15, 0.2) is 0 Å². The van der Waals surface area contributed by atoms with Gasteiger partial charge in [-0.3, -0.25) is 16.5 Å². The Kier molecular flexibility index (Phi) is 37.5. The van der Waals surface area contributed by atoms with Crippen LogP contribution in [-0.4, -0.2) is 102 Å². The molecule has 0 amide bonds. The Bertz CT molecular complexity index is 4700.